The van der Waals surface area contributed by atoms with Gasteiger partial charge < -0.3 is 10.1 Å². The number of fused-ring (bicyclic) bond motifs is 1. The van der Waals surface area contributed by atoms with Crippen molar-refractivity contribution in [3.05, 3.63) is 16.8 Å². The predicted octanol–water partition coefficient (Wildman–Crippen LogP) is 4.17. The van der Waals surface area contributed by atoms with E-state index in [1.165, 1.54) is 17.7 Å². The molecule has 2 aromatic rings. The van der Waals surface area contributed by atoms with Gasteiger partial charge in [-0.25, -0.2) is 9.97 Å². The standard InChI is InChI=1S/C16H23N3OS/c1-4-8-17-14-12-9-11(5-2)21-16(12)19-15(18-14)13(20-3)10-6-7-10/h9-10,13H,4-8H2,1-3H3,(H,17,18,19). The monoisotopic (exact) mass is 305 g/mol. The van der Waals surface area contributed by atoms with Crippen LogP contribution in [-0.4, -0.2) is 23.6 Å². The molecule has 4 nitrogen and oxygen atoms in total. The SMILES string of the molecule is CCCNc1nc(C(OC)C2CC2)nc2sc(CC)cc12. The summed E-state index contributed by atoms with van der Waals surface area (Å²) in [5.41, 5.74) is 0. The number of nitrogens with zero attached hydrogens (tertiary/aromatic N) is 2. The topological polar surface area (TPSA) is 47.0 Å². The van der Waals surface area contributed by atoms with E-state index in [1.54, 1.807) is 18.4 Å². The highest BCUT2D eigenvalue weighted by Gasteiger charge is 2.35. The normalized spacial score (nSPS) is 16.3. The van der Waals surface area contributed by atoms with Gasteiger partial charge >= 0.3 is 0 Å². The van der Waals surface area contributed by atoms with Gasteiger partial charge in [-0.1, -0.05) is 13.8 Å². The Morgan fingerprint density at radius 3 is 2.81 bits per heavy atom. The Morgan fingerprint density at radius 2 is 2.19 bits per heavy atom. The van der Waals surface area contributed by atoms with E-state index in [2.05, 4.69) is 25.2 Å². The molecule has 0 saturated heterocycles. The summed E-state index contributed by atoms with van der Waals surface area (Å²) < 4.78 is 5.65. The average Bonchev–Trinajstić information content (AvgIpc) is 3.23. The van der Waals surface area contributed by atoms with E-state index in [4.69, 9.17) is 14.7 Å². The zero-order valence-electron chi connectivity index (χ0n) is 13.0. The largest absolute Gasteiger partial charge is 0.373 e. The lowest BCUT2D eigenvalue weighted by Gasteiger charge is -2.15. The van der Waals surface area contributed by atoms with Crippen LogP contribution >= 0.6 is 11.3 Å². The maximum atomic E-state index is 5.65. The lowest BCUT2D eigenvalue weighted by atomic mass is 10.2. The maximum Gasteiger partial charge on any atom is 0.161 e. The molecule has 1 saturated carbocycles. The van der Waals surface area contributed by atoms with Gasteiger partial charge in [-0.3, -0.25) is 0 Å². The van der Waals surface area contributed by atoms with Crippen molar-refractivity contribution in [2.45, 2.75) is 45.6 Å². The Hall–Kier alpha value is -1.20. The zero-order chi connectivity index (χ0) is 14.8. The van der Waals surface area contributed by atoms with E-state index < -0.39 is 0 Å². The van der Waals surface area contributed by atoms with E-state index >= 15 is 0 Å². The Bertz CT molecular complexity index is 621. The number of methoxy groups -OCH3 is 1. The minimum absolute atomic E-state index is 0.0451. The molecule has 2 aromatic heterocycles. The molecule has 1 aliphatic carbocycles. The Balaban J connectivity index is 2.03. The Morgan fingerprint density at radius 1 is 1.38 bits per heavy atom. The summed E-state index contributed by atoms with van der Waals surface area (Å²) in [6.45, 7) is 5.28. The molecule has 0 radical (unpaired) electrons. The van der Waals surface area contributed by atoms with Gasteiger partial charge in [0.05, 0.1) is 5.39 Å². The number of nitrogens with one attached hydrogen (secondary N) is 1. The number of thiophene rings is 1. The van der Waals surface area contributed by atoms with Crippen LogP contribution in [0.25, 0.3) is 10.2 Å². The third-order valence-electron chi connectivity index (χ3n) is 3.91. The van der Waals surface area contributed by atoms with Gasteiger partial charge in [-0.15, -0.1) is 11.3 Å². The van der Waals surface area contributed by atoms with E-state index in [0.29, 0.717) is 5.92 Å². The highest BCUT2D eigenvalue weighted by atomic mass is 32.1. The van der Waals surface area contributed by atoms with Crippen molar-refractivity contribution in [3.8, 4) is 0 Å². The molecule has 1 aliphatic rings. The number of hydrogen-bond donors (Lipinski definition) is 1. The number of hydrogen-bond acceptors (Lipinski definition) is 5. The first-order valence-electron chi connectivity index (χ1n) is 7.83. The van der Waals surface area contributed by atoms with Crippen LogP contribution in [-0.2, 0) is 11.2 Å². The molecule has 1 unspecified atom stereocenters. The summed E-state index contributed by atoms with van der Waals surface area (Å²) in [6, 6.07) is 2.22. The molecular formula is C16H23N3OS. The number of anilines is 1. The van der Waals surface area contributed by atoms with Crippen LogP contribution in [0.1, 0.15) is 49.9 Å². The van der Waals surface area contributed by atoms with Crippen LogP contribution in [0.5, 0.6) is 0 Å². The number of aryl methyl sites for hydroxylation is 1. The molecule has 2 heterocycles. The van der Waals surface area contributed by atoms with E-state index in [1.807, 2.05) is 0 Å². The Labute approximate surface area is 129 Å². The van der Waals surface area contributed by atoms with Crippen molar-refractivity contribution in [2.75, 3.05) is 19.0 Å². The number of rotatable bonds is 7. The second-order valence-electron chi connectivity index (χ2n) is 5.64. The molecule has 1 fully saturated rings. The molecule has 114 valence electrons. The molecule has 1 N–H and O–H groups in total. The highest BCUT2D eigenvalue weighted by molar-refractivity contribution is 7.18. The summed E-state index contributed by atoms with van der Waals surface area (Å²) >= 11 is 1.77. The van der Waals surface area contributed by atoms with Crippen LogP contribution in [0, 0.1) is 5.92 Å². The second-order valence-corrected chi connectivity index (χ2v) is 6.75. The fourth-order valence-corrected chi connectivity index (χ4v) is 3.55. The van der Waals surface area contributed by atoms with Gasteiger partial charge in [-0.05, 0) is 37.7 Å². The fourth-order valence-electron chi connectivity index (χ4n) is 2.58. The average molecular weight is 305 g/mol. The van der Waals surface area contributed by atoms with Crippen LogP contribution in [0.3, 0.4) is 0 Å². The molecule has 0 aliphatic heterocycles. The summed E-state index contributed by atoms with van der Waals surface area (Å²) in [5.74, 6) is 2.41. The first kappa shape index (κ1) is 14.7. The molecule has 21 heavy (non-hydrogen) atoms. The van der Waals surface area contributed by atoms with Gasteiger partial charge in [0, 0.05) is 18.5 Å². The van der Waals surface area contributed by atoms with Crippen LogP contribution in [0.15, 0.2) is 6.07 Å². The van der Waals surface area contributed by atoms with Crippen LogP contribution in [0.2, 0.25) is 0 Å². The van der Waals surface area contributed by atoms with Gasteiger partial charge in [0.15, 0.2) is 5.82 Å². The molecule has 5 heteroatoms. The second kappa shape index (κ2) is 6.28. The van der Waals surface area contributed by atoms with Crippen molar-refractivity contribution in [1.29, 1.82) is 0 Å². The van der Waals surface area contributed by atoms with E-state index in [0.717, 1.165) is 41.2 Å². The van der Waals surface area contributed by atoms with Crippen LogP contribution < -0.4 is 5.32 Å². The lowest BCUT2D eigenvalue weighted by Crippen LogP contribution is -2.11. The van der Waals surface area contributed by atoms with Crippen molar-refractivity contribution < 1.29 is 4.74 Å². The predicted molar refractivity (Wildman–Crippen MR) is 88.0 cm³/mol. The molecule has 0 amide bonds. The first-order chi connectivity index (χ1) is 10.3. The summed E-state index contributed by atoms with van der Waals surface area (Å²) in [7, 11) is 1.77. The molecule has 0 aromatic carbocycles. The third-order valence-corrected chi connectivity index (χ3v) is 5.08. The zero-order valence-corrected chi connectivity index (χ0v) is 13.8. The van der Waals surface area contributed by atoms with E-state index in [9.17, 15) is 0 Å². The summed E-state index contributed by atoms with van der Waals surface area (Å²) in [4.78, 5) is 12.0. The van der Waals surface area contributed by atoms with Gasteiger partial charge in [0.25, 0.3) is 0 Å². The van der Waals surface area contributed by atoms with Crippen LogP contribution in [0.4, 0.5) is 5.82 Å². The molecule has 0 spiro atoms. The molecular weight excluding hydrogens is 282 g/mol. The van der Waals surface area contributed by atoms with Crippen molar-refractivity contribution in [1.82, 2.24) is 9.97 Å². The molecule has 0 bridgehead atoms. The van der Waals surface area contributed by atoms with E-state index in [-0.39, 0.29) is 6.10 Å². The summed E-state index contributed by atoms with van der Waals surface area (Å²) in [5, 5.41) is 4.61. The van der Waals surface area contributed by atoms with Crippen molar-refractivity contribution >= 4 is 27.4 Å². The smallest absolute Gasteiger partial charge is 0.161 e. The van der Waals surface area contributed by atoms with Gasteiger partial charge in [0.1, 0.15) is 16.8 Å². The minimum atomic E-state index is 0.0451. The lowest BCUT2D eigenvalue weighted by molar-refractivity contribution is 0.0776. The fraction of sp³-hybridized carbons (Fsp3) is 0.625. The molecule has 1 atom stereocenters. The summed E-state index contributed by atoms with van der Waals surface area (Å²) in [6.07, 6.45) is 4.62. The number of ether oxygens (including phenoxy) is 1. The van der Waals surface area contributed by atoms with Gasteiger partial charge in [-0.2, -0.15) is 0 Å². The quantitative estimate of drug-likeness (QED) is 0.834. The van der Waals surface area contributed by atoms with Crippen molar-refractivity contribution in [2.24, 2.45) is 5.92 Å². The number of aromatic nitrogens is 2. The van der Waals surface area contributed by atoms with Gasteiger partial charge in [0.2, 0.25) is 0 Å². The first-order valence-corrected chi connectivity index (χ1v) is 8.65. The maximum absolute atomic E-state index is 5.65. The third kappa shape index (κ3) is 3.04. The molecule has 3 rings (SSSR count). The Kier molecular flexibility index (Phi) is 4.40. The minimum Gasteiger partial charge on any atom is -0.373 e. The van der Waals surface area contributed by atoms with Crippen molar-refractivity contribution in [3.63, 3.8) is 0 Å². The highest BCUT2D eigenvalue weighted by Crippen LogP contribution is 2.43.